The Bertz CT molecular complexity index is 732. The van der Waals surface area contributed by atoms with E-state index in [1.807, 2.05) is 18.2 Å². The highest BCUT2D eigenvalue weighted by Gasteiger charge is 2.41. The number of carbonyl (C=O) groups excluding carboxylic acids is 3. The van der Waals surface area contributed by atoms with Gasteiger partial charge in [-0.2, -0.15) is 10.1 Å². The van der Waals surface area contributed by atoms with Crippen LogP contribution in [0.2, 0.25) is 0 Å². The van der Waals surface area contributed by atoms with Crippen molar-refractivity contribution in [1.82, 2.24) is 0 Å². The molecule has 2 unspecified atom stereocenters. The third kappa shape index (κ3) is 3.04. The number of esters is 2. The zero-order valence-electron chi connectivity index (χ0n) is 12.1. The van der Waals surface area contributed by atoms with Crippen molar-refractivity contribution in [1.29, 1.82) is 0 Å². The molecule has 0 N–H and O–H groups in total. The molecule has 3 rings (SSSR count). The summed E-state index contributed by atoms with van der Waals surface area (Å²) in [6.45, 7) is 1.72. The lowest BCUT2D eigenvalue weighted by atomic mass is 10.1. The standard InChI is InChI=1S/C15H12N2O4S2/c1-8-12(15(22)23-10-7-11(18)21-14(10)20)13(19)17(16-8)9-5-3-2-4-6-9/h2-6,10,12H,7H2,1H3. The quantitative estimate of drug-likeness (QED) is 0.472. The van der Waals surface area contributed by atoms with Crippen LogP contribution in [0.15, 0.2) is 35.4 Å². The SMILES string of the molecule is CC1=NN(c2ccccc2)C(=O)C1C(=S)SC1CC(=O)OC1=O. The first kappa shape index (κ1) is 15.8. The minimum atomic E-state index is -0.682. The van der Waals surface area contributed by atoms with Crippen LogP contribution in [0.25, 0.3) is 0 Å². The number of thioether (sulfide) groups is 1. The molecule has 0 spiro atoms. The van der Waals surface area contributed by atoms with E-state index in [0.29, 0.717) is 15.6 Å². The van der Waals surface area contributed by atoms with E-state index in [2.05, 4.69) is 9.84 Å². The van der Waals surface area contributed by atoms with E-state index in [9.17, 15) is 14.4 Å². The maximum Gasteiger partial charge on any atom is 0.327 e. The van der Waals surface area contributed by atoms with Gasteiger partial charge in [-0.3, -0.25) is 14.4 Å². The third-order valence-corrected chi connectivity index (χ3v) is 5.09. The van der Waals surface area contributed by atoms with Gasteiger partial charge in [0.25, 0.3) is 5.91 Å². The van der Waals surface area contributed by atoms with E-state index in [-0.39, 0.29) is 12.3 Å². The summed E-state index contributed by atoms with van der Waals surface area (Å²) in [4.78, 5) is 35.3. The van der Waals surface area contributed by atoms with Gasteiger partial charge < -0.3 is 4.74 Å². The number of thiocarbonyl (C=S) groups is 1. The van der Waals surface area contributed by atoms with Gasteiger partial charge in [0.15, 0.2) is 0 Å². The fraction of sp³-hybridized carbons (Fsp3) is 0.267. The molecule has 23 heavy (non-hydrogen) atoms. The number of ether oxygens (including phenoxy) is 1. The Labute approximate surface area is 141 Å². The van der Waals surface area contributed by atoms with E-state index in [1.54, 1.807) is 19.1 Å². The Morgan fingerprint density at radius 2 is 2.00 bits per heavy atom. The molecule has 8 heteroatoms. The van der Waals surface area contributed by atoms with Crippen molar-refractivity contribution in [2.24, 2.45) is 11.0 Å². The van der Waals surface area contributed by atoms with Gasteiger partial charge in [0.1, 0.15) is 11.2 Å². The molecule has 1 fully saturated rings. The molecule has 0 radical (unpaired) electrons. The summed E-state index contributed by atoms with van der Waals surface area (Å²) in [5.41, 5.74) is 1.22. The van der Waals surface area contributed by atoms with Crippen LogP contribution in [-0.2, 0) is 19.1 Å². The summed E-state index contributed by atoms with van der Waals surface area (Å²) in [5.74, 6) is -2.12. The fourth-order valence-electron chi connectivity index (χ4n) is 2.34. The first-order valence-electron chi connectivity index (χ1n) is 6.86. The van der Waals surface area contributed by atoms with Crippen molar-refractivity contribution in [2.75, 3.05) is 5.01 Å². The second-order valence-corrected chi connectivity index (χ2v) is 7.03. The molecule has 2 aliphatic rings. The minimum absolute atomic E-state index is 0.0247. The van der Waals surface area contributed by atoms with Crippen molar-refractivity contribution in [3.05, 3.63) is 30.3 Å². The molecular formula is C15H12N2O4S2. The molecule has 1 aromatic rings. The van der Waals surface area contributed by atoms with Gasteiger partial charge in [0, 0.05) is 0 Å². The number of hydrogen-bond donors (Lipinski definition) is 0. The number of hydrogen-bond acceptors (Lipinski definition) is 7. The van der Waals surface area contributed by atoms with Crippen LogP contribution in [0.1, 0.15) is 13.3 Å². The van der Waals surface area contributed by atoms with Gasteiger partial charge in [0.05, 0.1) is 22.0 Å². The smallest absolute Gasteiger partial charge is 0.327 e. The lowest BCUT2D eigenvalue weighted by Gasteiger charge is -2.15. The number of carbonyl (C=O) groups is 3. The zero-order valence-corrected chi connectivity index (χ0v) is 13.7. The molecule has 118 valence electrons. The first-order valence-corrected chi connectivity index (χ1v) is 8.15. The zero-order chi connectivity index (χ0) is 16.6. The molecular weight excluding hydrogens is 336 g/mol. The summed E-state index contributed by atoms with van der Waals surface area (Å²) in [5, 5.41) is 4.90. The molecule has 2 heterocycles. The Morgan fingerprint density at radius 1 is 1.30 bits per heavy atom. The average molecular weight is 348 g/mol. The van der Waals surface area contributed by atoms with E-state index >= 15 is 0 Å². The van der Waals surface area contributed by atoms with E-state index in [0.717, 1.165) is 11.8 Å². The molecule has 0 aromatic heterocycles. The maximum absolute atomic E-state index is 12.6. The highest BCUT2D eigenvalue weighted by Crippen LogP contribution is 2.32. The third-order valence-electron chi connectivity index (χ3n) is 3.46. The highest BCUT2D eigenvalue weighted by molar-refractivity contribution is 8.24. The Morgan fingerprint density at radius 3 is 2.61 bits per heavy atom. The molecule has 1 amide bonds. The van der Waals surface area contributed by atoms with Gasteiger partial charge >= 0.3 is 11.9 Å². The lowest BCUT2D eigenvalue weighted by Crippen LogP contribution is -2.31. The predicted octanol–water partition coefficient (Wildman–Crippen LogP) is 1.93. The lowest BCUT2D eigenvalue weighted by molar-refractivity contribution is -0.151. The van der Waals surface area contributed by atoms with Crippen molar-refractivity contribution >= 4 is 57.4 Å². The number of rotatable bonds is 3. The topological polar surface area (TPSA) is 76.0 Å². The summed E-state index contributed by atoms with van der Waals surface area (Å²) < 4.78 is 4.82. The van der Waals surface area contributed by atoms with Gasteiger partial charge in [-0.15, -0.1) is 11.8 Å². The van der Waals surface area contributed by atoms with Gasteiger partial charge in [-0.25, -0.2) is 0 Å². The van der Waals surface area contributed by atoms with Crippen molar-refractivity contribution < 1.29 is 19.1 Å². The molecule has 0 bridgehead atoms. The molecule has 6 nitrogen and oxygen atoms in total. The van der Waals surface area contributed by atoms with Gasteiger partial charge in [-0.05, 0) is 19.1 Å². The number of hydrazone groups is 1. The number of amides is 1. The van der Waals surface area contributed by atoms with Crippen LogP contribution in [0.4, 0.5) is 5.69 Å². The number of benzene rings is 1. The van der Waals surface area contributed by atoms with E-state index in [1.165, 1.54) is 5.01 Å². The summed E-state index contributed by atoms with van der Waals surface area (Å²) in [6, 6.07) is 9.03. The van der Waals surface area contributed by atoms with Crippen molar-refractivity contribution in [2.45, 2.75) is 18.6 Å². The molecule has 2 atom stereocenters. The van der Waals surface area contributed by atoms with E-state index < -0.39 is 23.1 Å². The summed E-state index contributed by atoms with van der Waals surface area (Å²) >= 11 is 6.34. The average Bonchev–Trinajstić information content (AvgIpc) is 2.98. The van der Waals surface area contributed by atoms with E-state index in [4.69, 9.17) is 12.2 Å². The second-order valence-electron chi connectivity index (χ2n) is 5.08. The first-order chi connectivity index (χ1) is 11.0. The highest BCUT2D eigenvalue weighted by atomic mass is 32.2. The van der Waals surface area contributed by atoms with Crippen LogP contribution >= 0.6 is 24.0 Å². The number of cyclic esters (lactones) is 2. The maximum atomic E-state index is 12.6. The monoisotopic (exact) mass is 348 g/mol. The summed E-state index contributed by atoms with van der Waals surface area (Å²) in [6.07, 6.45) is -0.0247. The van der Waals surface area contributed by atoms with Crippen molar-refractivity contribution in [3.8, 4) is 0 Å². The van der Waals surface area contributed by atoms with Crippen LogP contribution in [0, 0.1) is 5.92 Å². The molecule has 1 saturated heterocycles. The molecule has 0 saturated carbocycles. The normalized spacial score (nSPS) is 24.0. The van der Waals surface area contributed by atoms with Crippen LogP contribution in [0.5, 0.6) is 0 Å². The van der Waals surface area contributed by atoms with Crippen LogP contribution in [-0.4, -0.2) is 33.0 Å². The van der Waals surface area contributed by atoms with Crippen LogP contribution in [0.3, 0.4) is 0 Å². The molecule has 2 aliphatic heterocycles. The molecule has 1 aromatic carbocycles. The minimum Gasteiger partial charge on any atom is -0.392 e. The Balaban J connectivity index is 1.75. The Hall–Kier alpha value is -2.06. The molecule has 0 aliphatic carbocycles. The summed E-state index contributed by atoms with van der Waals surface area (Å²) in [7, 11) is 0. The largest absolute Gasteiger partial charge is 0.392 e. The van der Waals surface area contributed by atoms with Gasteiger partial charge in [0.2, 0.25) is 0 Å². The number of anilines is 1. The number of nitrogens with zero attached hydrogens (tertiary/aromatic N) is 2. The Kier molecular flexibility index (Phi) is 4.27. The fourth-order valence-corrected chi connectivity index (χ4v) is 4.02. The van der Waals surface area contributed by atoms with Crippen LogP contribution < -0.4 is 5.01 Å². The number of para-hydroxylation sites is 1. The second kappa shape index (κ2) is 6.21. The van der Waals surface area contributed by atoms with Gasteiger partial charge in [-0.1, -0.05) is 30.4 Å². The van der Waals surface area contributed by atoms with Crippen molar-refractivity contribution in [3.63, 3.8) is 0 Å². The predicted molar refractivity (Wildman–Crippen MR) is 90.2 cm³/mol.